The van der Waals surface area contributed by atoms with Crippen LogP contribution in [0, 0.1) is 5.92 Å². The Kier molecular flexibility index (Phi) is 5.20. The van der Waals surface area contributed by atoms with E-state index in [1.807, 2.05) is 0 Å². The minimum Gasteiger partial charge on any atom is -0.500 e. The summed E-state index contributed by atoms with van der Waals surface area (Å²) in [4.78, 5) is 20.6. The first-order valence-electron chi connectivity index (χ1n) is 8.01. The van der Waals surface area contributed by atoms with E-state index in [9.17, 15) is 9.18 Å². The Hall–Kier alpha value is -2.28. The van der Waals surface area contributed by atoms with Gasteiger partial charge in [0.05, 0.1) is 12.8 Å². The van der Waals surface area contributed by atoms with E-state index in [0.29, 0.717) is 61.7 Å². The third kappa shape index (κ3) is 3.79. The molecule has 1 saturated heterocycles. The van der Waals surface area contributed by atoms with Crippen LogP contribution in [-0.4, -0.2) is 36.2 Å². The summed E-state index contributed by atoms with van der Waals surface area (Å²) in [7, 11) is 1.56. The highest BCUT2D eigenvalue weighted by Gasteiger charge is 2.22. The van der Waals surface area contributed by atoms with Gasteiger partial charge >= 0.3 is 0 Å². The summed E-state index contributed by atoms with van der Waals surface area (Å²) < 4.78 is 24.2. The maximum atomic E-state index is 13.6. The molecule has 7 heteroatoms. The highest BCUT2D eigenvalue weighted by Crippen LogP contribution is 2.31. The van der Waals surface area contributed by atoms with Gasteiger partial charge in [-0.25, -0.2) is 14.4 Å². The Morgan fingerprint density at radius 3 is 2.88 bits per heavy atom. The molecule has 0 radical (unpaired) electrons. The van der Waals surface area contributed by atoms with Gasteiger partial charge in [0.15, 0.2) is 0 Å². The molecule has 0 atom stereocenters. The van der Waals surface area contributed by atoms with Gasteiger partial charge < -0.3 is 14.8 Å². The molecule has 1 aromatic rings. The Morgan fingerprint density at radius 2 is 2.12 bits per heavy atom. The van der Waals surface area contributed by atoms with Crippen LogP contribution in [0.3, 0.4) is 0 Å². The summed E-state index contributed by atoms with van der Waals surface area (Å²) in [5.41, 5.74) is 1.11. The van der Waals surface area contributed by atoms with E-state index in [2.05, 4.69) is 15.3 Å². The quantitative estimate of drug-likeness (QED) is 0.917. The first kappa shape index (κ1) is 16.6. The van der Waals surface area contributed by atoms with Gasteiger partial charge in [-0.15, -0.1) is 0 Å². The van der Waals surface area contributed by atoms with Gasteiger partial charge in [0.2, 0.25) is 5.91 Å². The highest BCUT2D eigenvalue weighted by molar-refractivity contribution is 5.92. The molecule has 0 unspecified atom stereocenters. The molecule has 2 heterocycles. The maximum absolute atomic E-state index is 13.6. The van der Waals surface area contributed by atoms with Crippen molar-refractivity contribution in [2.45, 2.75) is 25.7 Å². The van der Waals surface area contributed by atoms with Crippen molar-refractivity contribution in [1.29, 1.82) is 0 Å². The van der Waals surface area contributed by atoms with E-state index in [0.717, 1.165) is 0 Å². The van der Waals surface area contributed by atoms with Crippen LogP contribution in [0.4, 0.5) is 10.2 Å². The number of anilines is 1. The lowest BCUT2D eigenvalue weighted by Gasteiger charge is -2.21. The van der Waals surface area contributed by atoms with Crippen LogP contribution >= 0.6 is 0 Å². The predicted octanol–water partition coefficient (Wildman–Crippen LogP) is 2.85. The Morgan fingerprint density at radius 1 is 1.33 bits per heavy atom. The van der Waals surface area contributed by atoms with Gasteiger partial charge in [-0.1, -0.05) is 0 Å². The average molecular weight is 333 g/mol. The smallest absolute Gasteiger partial charge is 0.228 e. The van der Waals surface area contributed by atoms with Crippen LogP contribution in [0.25, 0.3) is 5.57 Å². The molecule has 6 nitrogen and oxygen atoms in total. The van der Waals surface area contributed by atoms with Gasteiger partial charge in [-0.2, -0.15) is 0 Å². The molecule has 1 fully saturated rings. The number of rotatable bonds is 4. The van der Waals surface area contributed by atoms with Crippen molar-refractivity contribution in [2.75, 3.05) is 25.6 Å². The van der Waals surface area contributed by atoms with Gasteiger partial charge in [0, 0.05) is 43.6 Å². The number of aromatic nitrogens is 2. The first-order valence-corrected chi connectivity index (χ1v) is 8.01. The van der Waals surface area contributed by atoms with E-state index < -0.39 is 0 Å². The standard InChI is InChI=1S/C17H20FN3O3/c1-23-15-3-2-12(18)8-13(15)14-9-16(20-10-19-14)21-17(22)11-4-6-24-7-5-11/h8-11H,2-7H2,1H3,(H,19,20,21,22). The zero-order valence-electron chi connectivity index (χ0n) is 13.5. The monoisotopic (exact) mass is 333 g/mol. The summed E-state index contributed by atoms with van der Waals surface area (Å²) in [6, 6.07) is 1.64. The van der Waals surface area contributed by atoms with E-state index in [1.54, 1.807) is 13.2 Å². The summed E-state index contributed by atoms with van der Waals surface area (Å²) in [5, 5.41) is 2.81. The van der Waals surface area contributed by atoms with Crippen molar-refractivity contribution in [3.8, 4) is 0 Å². The average Bonchev–Trinajstić information content (AvgIpc) is 2.62. The number of nitrogens with zero attached hydrogens (tertiary/aromatic N) is 2. The lowest BCUT2D eigenvalue weighted by Crippen LogP contribution is -2.28. The Labute approximate surface area is 139 Å². The summed E-state index contributed by atoms with van der Waals surface area (Å²) in [5.74, 6) is 0.722. The lowest BCUT2D eigenvalue weighted by molar-refractivity contribution is -0.122. The molecule has 1 amide bonds. The second-order valence-electron chi connectivity index (χ2n) is 5.80. The van der Waals surface area contributed by atoms with Crippen LogP contribution in [0.2, 0.25) is 0 Å². The fourth-order valence-electron chi connectivity index (χ4n) is 2.87. The maximum Gasteiger partial charge on any atom is 0.228 e. The van der Waals surface area contributed by atoms with E-state index in [-0.39, 0.29) is 17.7 Å². The summed E-state index contributed by atoms with van der Waals surface area (Å²) >= 11 is 0. The molecule has 0 spiro atoms. The minimum absolute atomic E-state index is 0.0714. The van der Waals surface area contributed by atoms with Crippen LogP contribution in [0.5, 0.6) is 0 Å². The molecule has 128 valence electrons. The second-order valence-corrected chi connectivity index (χ2v) is 5.80. The molecule has 3 rings (SSSR count). The number of nitrogens with one attached hydrogen (secondary N) is 1. The first-order chi connectivity index (χ1) is 11.7. The van der Waals surface area contributed by atoms with Crippen molar-refractivity contribution < 1.29 is 18.7 Å². The van der Waals surface area contributed by atoms with E-state index >= 15 is 0 Å². The zero-order chi connectivity index (χ0) is 16.9. The SMILES string of the molecule is COC1=C(c2cc(NC(=O)C3CCOCC3)ncn2)C=C(F)CC1. The topological polar surface area (TPSA) is 73.3 Å². The lowest BCUT2D eigenvalue weighted by atomic mass is 9.99. The van der Waals surface area contributed by atoms with Crippen LogP contribution in [0.1, 0.15) is 31.4 Å². The minimum atomic E-state index is -0.211. The molecule has 1 aliphatic carbocycles. The fourth-order valence-corrected chi connectivity index (χ4v) is 2.87. The Balaban J connectivity index is 1.79. The van der Waals surface area contributed by atoms with Gasteiger partial charge in [0.25, 0.3) is 0 Å². The fraction of sp³-hybridized carbons (Fsp3) is 0.471. The molecule has 1 N–H and O–H groups in total. The molecule has 1 aliphatic heterocycles. The number of hydrogen-bond acceptors (Lipinski definition) is 5. The number of ether oxygens (including phenoxy) is 2. The molecule has 1 aromatic heterocycles. The number of hydrogen-bond donors (Lipinski definition) is 1. The number of allylic oxidation sites excluding steroid dienone is 4. The van der Waals surface area contributed by atoms with Crippen molar-refractivity contribution >= 4 is 17.3 Å². The van der Waals surface area contributed by atoms with Crippen molar-refractivity contribution in [3.63, 3.8) is 0 Å². The zero-order valence-corrected chi connectivity index (χ0v) is 13.5. The Bertz CT molecular complexity index is 681. The number of amides is 1. The van der Waals surface area contributed by atoms with Crippen LogP contribution < -0.4 is 5.32 Å². The summed E-state index contributed by atoms with van der Waals surface area (Å²) in [6.45, 7) is 1.20. The number of methoxy groups -OCH3 is 1. The van der Waals surface area contributed by atoms with Gasteiger partial charge in [-0.05, 0) is 18.9 Å². The van der Waals surface area contributed by atoms with Crippen molar-refractivity contribution in [3.05, 3.63) is 35.7 Å². The largest absolute Gasteiger partial charge is 0.500 e. The third-order valence-electron chi connectivity index (χ3n) is 4.23. The van der Waals surface area contributed by atoms with Crippen LogP contribution in [0.15, 0.2) is 30.1 Å². The molecule has 0 aromatic carbocycles. The van der Waals surface area contributed by atoms with Gasteiger partial charge in [0.1, 0.15) is 23.7 Å². The number of carbonyl (C=O) groups is 1. The molecule has 2 aliphatic rings. The number of halogens is 1. The van der Waals surface area contributed by atoms with E-state index in [4.69, 9.17) is 9.47 Å². The predicted molar refractivity (Wildman–Crippen MR) is 86.6 cm³/mol. The molecular weight excluding hydrogens is 313 g/mol. The molecule has 24 heavy (non-hydrogen) atoms. The molecule has 0 bridgehead atoms. The molecular formula is C17H20FN3O3. The van der Waals surface area contributed by atoms with Crippen LogP contribution in [-0.2, 0) is 14.3 Å². The second kappa shape index (κ2) is 7.53. The number of carbonyl (C=O) groups excluding carboxylic acids is 1. The third-order valence-corrected chi connectivity index (χ3v) is 4.23. The van der Waals surface area contributed by atoms with E-state index in [1.165, 1.54) is 12.4 Å². The van der Waals surface area contributed by atoms with Crippen molar-refractivity contribution in [2.24, 2.45) is 5.92 Å². The summed E-state index contributed by atoms with van der Waals surface area (Å²) in [6.07, 6.45) is 5.00. The van der Waals surface area contributed by atoms with Gasteiger partial charge in [-0.3, -0.25) is 4.79 Å². The molecule has 0 saturated carbocycles. The normalized spacial score (nSPS) is 19.0. The van der Waals surface area contributed by atoms with Crippen molar-refractivity contribution in [1.82, 2.24) is 9.97 Å². The highest BCUT2D eigenvalue weighted by atomic mass is 19.1.